The molecule has 2 rings (SSSR count). The summed E-state index contributed by atoms with van der Waals surface area (Å²) in [6.45, 7) is 0. The molecule has 0 aliphatic rings. The van der Waals surface area contributed by atoms with Gasteiger partial charge in [-0.2, -0.15) is 13.2 Å². The van der Waals surface area contributed by atoms with Gasteiger partial charge >= 0.3 is 6.18 Å². The van der Waals surface area contributed by atoms with E-state index < -0.39 is 16.8 Å². The van der Waals surface area contributed by atoms with Crippen LogP contribution in [0.25, 0.3) is 11.0 Å². The number of nitrogens with one attached hydrogen (secondary N) is 1. The first kappa shape index (κ1) is 11.9. The number of halogens is 4. The number of nitrogens with zero attached hydrogens (tertiary/aromatic N) is 2. The molecule has 1 aromatic heterocycles. The monoisotopic (exact) mass is 263 g/mol. The number of hydrogen-bond donors (Lipinski definition) is 2. The van der Waals surface area contributed by atoms with Crippen molar-refractivity contribution in [1.29, 1.82) is 0 Å². The lowest BCUT2D eigenvalue weighted by Gasteiger charge is -2.09. The topological polar surface area (TPSA) is 58.0 Å². The van der Waals surface area contributed by atoms with E-state index in [2.05, 4.69) is 9.97 Å². The van der Waals surface area contributed by atoms with Gasteiger partial charge in [0.1, 0.15) is 0 Å². The Bertz CT molecular complexity index is 573. The molecule has 0 saturated heterocycles. The fraction of sp³-hybridized carbons (Fsp3) is 0.111. The van der Waals surface area contributed by atoms with Gasteiger partial charge in [-0.15, -0.1) is 0 Å². The van der Waals surface area contributed by atoms with E-state index in [1.54, 1.807) is 5.48 Å². The fourth-order valence-electron chi connectivity index (χ4n) is 1.30. The van der Waals surface area contributed by atoms with Crippen molar-refractivity contribution in [3.63, 3.8) is 0 Å². The van der Waals surface area contributed by atoms with Crippen molar-refractivity contribution in [2.45, 2.75) is 6.18 Å². The second-order valence-electron chi connectivity index (χ2n) is 3.19. The molecule has 2 N–H and O–H groups in total. The predicted molar refractivity (Wildman–Crippen MR) is 55.0 cm³/mol. The van der Waals surface area contributed by atoms with Crippen LogP contribution in [0.2, 0.25) is 5.02 Å². The molecule has 17 heavy (non-hydrogen) atoms. The van der Waals surface area contributed by atoms with Crippen molar-refractivity contribution >= 4 is 28.5 Å². The fourth-order valence-corrected chi connectivity index (χ4v) is 1.57. The van der Waals surface area contributed by atoms with Crippen LogP contribution in [0, 0.1) is 0 Å². The van der Waals surface area contributed by atoms with Crippen LogP contribution in [-0.2, 0) is 6.18 Å². The standard InChI is InChI=1S/C9H5ClF3N3O/c10-5-2-7-6(1-4(5)9(11,12)13)14-3-8(15-7)16-17/h1-3,17H,(H,15,16). The van der Waals surface area contributed by atoms with Gasteiger partial charge in [0.25, 0.3) is 0 Å². The molecular formula is C9H5ClF3N3O. The first-order valence-corrected chi connectivity index (χ1v) is 4.73. The molecule has 8 heteroatoms. The highest BCUT2D eigenvalue weighted by Crippen LogP contribution is 2.36. The maximum absolute atomic E-state index is 12.5. The highest BCUT2D eigenvalue weighted by atomic mass is 35.5. The first-order valence-electron chi connectivity index (χ1n) is 4.35. The minimum absolute atomic E-state index is 0.0216. The number of fused-ring (bicyclic) bond motifs is 1. The van der Waals surface area contributed by atoms with Crippen molar-refractivity contribution in [3.05, 3.63) is 28.9 Å². The van der Waals surface area contributed by atoms with Gasteiger partial charge in [-0.1, -0.05) is 11.6 Å². The normalized spacial score (nSPS) is 11.8. The Morgan fingerprint density at radius 3 is 2.53 bits per heavy atom. The summed E-state index contributed by atoms with van der Waals surface area (Å²) >= 11 is 5.51. The van der Waals surface area contributed by atoms with E-state index in [1.807, 2.05) is 0 Å². The average Bonchev–Trinajstić information content (AvgIpc) is 2.25. The summed E-state index contributed by atoms with van der Waals surface area (Å²) in [6, 6.07) is 1.86. The maximum Gasteiger partial charge on any atom is 0.417 e. The minimum atomic E-state index is -4.54. The molecule has 0 spiro atoms. The Balaban J connectivity index is 2.66. The molecule has 0 bridgehead atoms. The van der Waals surface area contributed by atoms with Crippen LogP contribution in [0.4, 0.5) is 19.0 Å². The van der Waals surface area contributed by atoms with Crippen LogP contribution in [-0.4, -0.2) is 15.2 Å². The summed E-state index contributed by atoms with van der Waals surface area (Å²) in [5.41, 5.74) is 0.975. The summed E-state index contributed by atoms with van der Waals surface area (Å²) in [5, 5.41) is 8.12. The van der Waals surface area contributed by atoms with E-state index in [0.717, 1.165) is 18.3 Å². The van der Waals surface area contributed by atoms with E-state index in [-0.39, 0.29) is 16.9 Å². The molecule has 0 radical (unpaired) electrons. The molecule has 4 nitrogen and oxygen atoms in total. The molecule has 0 amide bonds. The zero-order chi connectivity index (χ0) is 12.6. The van der Waals surface area contributed by atoms with Crippen LogP contribution in [0.1, 0.15) is 5.56 Å². The number of rotatable bonds is 1. The molecule has 1 heterocycles. The second kappa shape index (κ2) is 4.01. The highest BCUT2D eigenvalue weighted by Gasteiger charge is 2.33. The van der Waals surface area contributed by atoms with E-state index in [0.29, 0.717) is 0 Å². The van der Waals surface area contributed by atoms with Gasteiger partial charge < -0.3 is 0 Å². The molecule has 0 fully saturated rings. The zero-order valence-corrected chi connectivity index (χ0v) is 8.84. The van der Waals surface area contributed by atoms with Crippen LogP contribution in [0.5, 0.6) is 0 Å². The number of anilines is 1. The molecule has 90 valence electrons. The molecule has 0 aliphatic carbocycles. The lowest BCUT2D eigenvalue weighted by Crippen LogP contribution is -2.06. The van der Waals surface area contributed by atoms with E-state index in [1.165, 1.54) is 0 Å². The first-order chi connectivity index (χ1) is 7.91. The third-order valence-electron chi connectivity index (χ3n) is 2.05. The Kier molecular flexibility index (Phi) is 2.80. The summed E-state index contributed by atoms with van der Waals surface area (Å²) in [5.74, 6) is 0.0216. The lowest BCUT2D eigenvalue weighted by atomic mass is 10.2. The molecule has 0 unspecified atom stereocenters. The smallest absolute Gasteiger partial charge is 0.290 e. The zero-order valence-electron chi connectivity index (χ0n) is 8.09. The Morgan fingerprint density at radius 2 is 1.94 bits per heavy atom. The number of alkyl halides is 3. The third kappa shape index (κ3) is 2.25. The summed E-state index contributed by atoms with van der Waals surface area (Å²) < 4.78 is 37.6. The van der Waals surface area contributed by atoms with Crippen molar-refractivity contribution < 1.29 is 18.4 Å². The summed E-state index contributed by atoms with van der Waals surface area (Å²) in [6.07, 6.45) is -3.43. The van der Waals surface area contributed by atoms with Crippen LogP contribution < -0.4 is 5.48 Å². The molecule has 0 saturated carbocycles. The molecule has 0 atom stereocenters. The minimum Gasteiger partial charge on any atom is -0.290 e. The molecule has 1 aromatic carbocycles. The predicted octanol–water partition coefficient (Wildman–Crippen LogP) is 3.10. The van der Waals surface area contributed by atoms with E-state index in [9.17, 15) is 13.2 Å². The summed E-state index contributed by atoms with van der Waals surface area (Å²) in [4.78, 5) is 7.53. The second-order valence-corrected chi connectivity index (χ2v) is 3.59. The van der Waals surface area contributed by atoms with Gasteiger partial charge in [-0.3, -0.25) is 15.7 Å². The van der Waals surface area contributed by atoms with Crippen LogP contribution >= 0.6 is 11.6 Å². The molecule has 2 aromatic rings. The van der Waals surface area contributed by atoms with Gasteiger partial charge in [-0.05, 0) is 12.1 Å². The van der Waals surface area contributed by atoms with E-state index in [4.69, 9.17) is 16.8 Å². The van der Waals surface area contributed by atoms with Gasteiger partial charge in [-0.25, -0.2) is 4.98 Å². The van der Waals surface area contributed by atoms with Gasteiger partial charge in [0, 0.05) is 0 Å². The molecular weight excluding hydrogens is 259 g/mol. The Labute approximate surface area is 98.0 Å². The SMILES string of the molecule is ONc1cnc2cc(C(F)(F)F)c(Cl)cc2n1. The van der Waals surface area contributed by atoms with Crippen molar-refractivity contribution in [2.75, 3.05) is 5.48 Å². The number of aromatic nitrogens is 2. The highest BCUT2D eigenvalue weighted by molar-refractivity contribution is 6.32. The average molecular weight is 264 g/mol. The van der Waals surface area contributed by atoms with Crippen molar-refractivity contribution in [1.82, 2.24) is 9.97 Å². The summed E-state index contributed by atoms with van der Waals surface area (Å²) in [7, 11) is 0. The van der Waals surface area contributed by atoms with Crippen LogP contribution in [0.15, 0.2) is 18.3 Å². The van der Waals surface area contributed by atoms with Crippen molar-refractivity contribution in [2.24, 2.45) is 0 Å². The van der Waals surface area contributed by atoms with Gasteiger partial charge in [0.2, 0.25) is 0 Å². The van der Waals surface area contributed by atoms with Crippen LogP contribution in [0.3, 0.4) is 0 Å². The largest absolute Gasteiger partial charge is 0.417 e. The lowest BCUT2D eigenvalue weighted by molar-refractivity contribution is -0.137. The maximum atomic E-state index is 12.5. The quantitative estimate of drug-likeness (QED) is 0.776. The van der Waals surface area contributed by atoms with E-state index >= 15 is 0 Å². The van der Waals surface area contributed by atoms with Gasteiger partial charge in [0.15, 0.2) is 5.82 Å². The van der Waals surface area contributed by atoms with Crippen molar-refractivity contribution in [3.8, 4) is 0 Å². The number of benzene rings is 1. The third-order valence-corrected chi connectivity index (χ3v) is 2.36. The number of hydrogen-bond acceptors (Lipinski definition) is 4. The Hall–Kier alpha value is -1.60. The van der Waals surface area contributed by atoms with Gasteiger partial charge in [0.05, 0.1) is 27.8 Å². The molecule has 0 aliphatic heterocycles. The Morgan fingerprint density at radius 1 is 1.24 bits per heavy atom.